The maximum absolute atomic E-state index is 13.4. The molecule has 0 aromatic heterocycles. The molecule has 3 N–H and O–H groups in total. The van der Waals surface area contributed by atoms with Crippen molar-refractivity contribution in [2.45, 2.75) is 6.61 Å². The minimum absolute atomic E-state index is 0.146. The number of urea groups is 1. The summed E-state index contributed by atoms with van der Waals surface area (Å²) in [6.07, 6.45) is 0. The lowest BCUT2D eigenvalue weighted by molar-refractivity contribution is 0.0469. The van der Waals surface area contributed by atoms with Gasteiger partial charge < -0.3 is 15.8 Å². The van der Waals surface area contributed by atoms with E-state index in [0.29, 0.717) is 16.8 Å². The van der Waals surface area contributed by atoms with Crippen LogP contribution in [0.15, 0.2) is 48.5 Å². The van der Waals surface area contributed by atoms with E-state index in [4.69, 9.17) is 10.5 Å². The summed E-state index contributed by atoms with van der Waals surface area (Å²) >= 11 is 0. The Labute approximate surface area is 120 Å². The lowest BCUT2D eigenvalue weighted by Gasteiger charge is -2.07. The van der Waals surface area contributed by atoms with Crippen LogP contribution in [-0.2, 0) is 11.3 Å². The van der Waals surface area contributed by atoms with Crippen LogP contribution in [-0.4, -0.2) is 12.0 Å². The van der Waals surface area contributed by atoms with Crippen LogP contribution in [0, 0.1) is 5.82 Å². The molecule has 0 bridgehead atoms. The van der Waals surface area contributed by atoms with Crippen LogP contribution in [0.3, 0.4) is 0 Å². The predicted molar refractivity (Wildman–Crippen MR) is 75.2 cm³/mol. The van der Waals surface area contributed by atoms with Crippen LogP contribution < -0.4 is 11.1 Å². The number of primary amides is 1. The molecule has 0 heterocycles. The standard InChI is InChI=1S/C15H13FN2O3/c16-13-4-2-1-3-11(13)9-21-14(19)10-5-7-12(8-6-10)18-15(17)20/h1-8H,9H2,(H3,17,18,20). The van der Waals surface area contributed by atoms with Crippen molar-refractivity contribution in [3.63, 3.8) is 0 Å². The van der Waals surface area contributed by atoms with Crippen molar-refractivity contribution in [2.24, 2.45) is 5.73 Å². The van der Waals surface area contributed by atoms with Gasteiger partial charge in [0.2, 0.25) is 0 Å². The third kappa shape index (κ3) is 4.04. The molecule has 0 unspecified atom stereocenters. The van der Waals surface area contributed by atoms with Gasteiger partial charge in [0.15, 0.2) is 0 Å². The molecule has 0 aliphatic heterocycles. The molecular formula is C15H13FN2O3. The maximum Gasteiger partial charge on any atom is 0.338 e. The number of carbonyl (C=O) groups excluding carboxylic acids is 2. The van der Waals surface area contributed by atoms with Crippen LogP contribution in [0.25, 0.3) is 0 Å². The highest BCUT2D eigenvalue weighted by Crippen LogP contribution is 2.12. The second kappa shape index (κ2) is 6.51. The van der Waals surface area contributed by atoms with Crippen molar-refractivity contribution in [3.8, 4) is 0 Å². The fourth-order valence-electron chi connectivity index (χ4n) is 1.67. The number of hydrogen-bond donors (Lipinski definition) is 2. The first-order valence-electron chi connectivity index (χ1n) is 6.13. The largest absolute Gasteiger partial charge is 0.457 e. The van der Waals surface area contributed by atoms with Gasteiger partial charge in [-0.25, -0.2) is 14.0 Å². The van der Waals surface area contributed by atoms with E-state index in [1.807, 2.05) is 0 Å². The van der Waals surface area contributed by atoms with Crippen LogP contribution in [0.2, 0.25) is 0 Å². The van der Waals surface area contributed by atoms with Gasteiger partial charge >= 0.3 is 12.0 Å². The predicted octanol–water partition coefficient (Wildman–Crippen LogP) is 2.67. The number of benzene rings is 2. The van der Waals surface area contributed by atoms with Gasteiger partial charge in [-0.3, -0.25) is 0 Å². The Morgan fingerprint density at radius 1 is 1.10 bits per heavy atom. The van der Waals surface area contributed by atoms with Crippen LogP contribution in [0.5, 0.6) is 0 Å². The van der Waals surface area contributed by atoms with Crippen molar-refractivity contribution in [1.82, 2.24) is 0 Å². The number of ether oxygens (including phenoxy) is 1. The Balaban J connectivity index is 1.97. The van der Waals surface area contributed by atoms with Gasteiger partial charge in [-0.05, 0) is 30.3 Å². The van der Waals surface area contributed by atoms with Gasteiger partial charge in [0.1, 0.15) is 12.4 Å². The maximum atomic E-state index is 13.4. The molecule has 6 heteroatoms. The van der Waals surface area contributed by atoms with E-state index < -0.39 is 17.8 Å². The van der Waals surface area contributed by atoms with Crippen LogP contribution in [0.1, 0.15) is 15.9 Å². The smallest absolute Gasteiger partial charge is 0.338 e. The lowest BCUT2D eigenvalue weighted by Crippen LogP contribution is -2.19. The summed E-state index contributed by atoms with van der Waals surface area (Å²) in [7, 11) is 0. The van der Waals surface area contributed by atoms with Crippen LogP contribution >= 0.6 is 0 Å². The number of halogens is 1. The highest BCUT2D eigenvalue weighted by Gasteiger charge is 2.09. The fraction of sp³-hybridized carbons (Fsp3) is 0.0667. The van der Waals surface area contributed by atoms with Crippen molar-refractivity contribution in [1.29, 1.82) is 0 Å². The Morgan fingerprint density at radius 3 is 2.38 bits per heavy atom. The minimum atomic E-state index is -0.690. The second-order valence-electron chi connectivity index (χ2n) is 4.23. The van der Waals surface area contributed by atoms with Crippen molar-refractivity contribution >= 4 is 17.7 Å². The third-order valence-corrected chi connectivity index (χ3v) is 2.70. The molecule has 108 valence electrons. The summed E-state index contributed by atoms with van der Waals surface area (Å²) in [6.45, 7) is -0.146. The highest BCUT2D eigenvalue weighted by molar-refractivity contribution is 5.91. The molecule has 0 saturated heterocycles. The van der Waals surface area contributed by atoms with Gasteiger partial charge in [-0.2, -0.15) is 0 Å². The summed E-state index contributed by atoms with van der Waals surface area (Å²) in [4.78, 5) is 22.5. The highest BCUT2D eigenvalue weighted by atomic mass is 19.1. The number of hydrogen-bond acceptors (Lipinski definition) is 3. The molecule has 2 aromatic rings. The first kappa shape index (κ1) is 14.5. The van der Waals surface area contributed by atoms with Crippen LogP contribution in [0.4, 0.5) is 14.9 Å². The minimum Gasteiger partial charge on any atom is -0.457 e. The molecule has 0 radical (unpaired) electrons. The van der Waals surface area contributed by atoms with Crippen molar-refractivity contribution in [3.05, 3.63) is 65.5 Å². The van der Waals surface area contributed by atoms with E-state index in [-0.39, 0.29) is 6.61 Å². The molecule has 0 spiro atoms. The number of carbonyl (C=O) groups is 2. The Morgan fingerprint density at radius 2 is 1.76 bits per heavy atom. The zero-order chi connectivity index (χ0) is 15.2. The summed E-state index contributed by atoms with van der Waals surface area (Å²) in [5, 5.41) is 2.37. The number of nitrogens with one attached hydrogen (secondary N) is 1. The SMILES string of the molecule is NC(=O)Nc1ccc(C(=O)OCc2ccccc2F)cc1. The number of amides is 2. The Bertz CT molecular complexity index is 656. The number of esters is 1. The molecule has 0 aliphatic rings. The molecule has 2 aromatic carbocycles. The first-order valence-corrected chi connectivity index (χ1v) is 6.13. The van der Waals surface area contributed by atoms with Gasteiger partial charge in [0.25, 0.3) is 0 Å². The van der Waals surface area contributed by atoms with E-state index >= 15 is 0 Å². The van der Waals surface area contributed by atoms with E-state index in [9.17, 15) is 14.0 Å². The normalized spacial score (nSPS) is 9.95. The second-order valence-corrected chi connectivity index (χ2v) is 4.23. The summed E-state index contributed by atoms with van der Waals surface area (Å²) in [6, 6.07) is 11.4. The topological polar surface area (TPSA) is 81.4 Å². The zero-order valence-corrected chi connectivity index (χ0v) is 11.0. The molecule has 2 rings (SSSR count). The summed E-state index contributed by atoms with van der Waals surface area (Å²) < 4.78 is 18.4. The molecule has 2 amide bonds. The zero-order valence-electron chi connectivity index (χ0n) is 11.0. The molecule has 0 fully saturated rings. The molecule has 21 heavy (non-hydrogen) atoms. The average Bonchev–Trinajstić information content (AvgIpc) is 2.46. The monoisotopic (exact) mass is 288 g/mol. The molecule has 5 nitrogen and oxygen atoms in total. The van der Waals surface area contributed by atoms with Gasteiger partial charge in [0.05, 0.1) is 5.56 Å². The summed E-state index contributed by atoms with van der Waals surface area (Å²) in [5.74, 6) is -1.00. The molecular weight excluding hydrogens is 275 g/mol. The quantitative estimate of drug-likeness (QED) is 0.849. The van der Waals surface area contributed by atoms with E-state index in [0.717, 1.165) is 0 Å². The third-order valence-electron chi connectivity index (χ3n) is 2.70. The fourth-order valence-corrected chi connectivity index (χ4v) is 1.67. The first-order chi connectivity index (χ1) is 10.1. The Hall–Kier alpha value is -2.89. The van der Waals surface area contributed by atoms with Crippen molar-refractivity contribution < 1.29 is 18.7 Å². The molecule has 0 aliphatic carbocycles. The number of nitrogens with two attached hydrogens (primary N) is 1. The number of anilines is 1. The molecule has 0 saturated carbocycles. The lowest BCUT2D eigenvalue weighted by atomic mass is 10.2. The van der Waals surface area contributed by atoms with Gasteiger partial charge in [-0.1, -0.05) is 18.2 Å². The van der Waals surface area contributed by atoms with Crippen molar-refractivity contribution in [2.75, 3.05) is 5.32 Å². The van der Waals surface area contributed by atoms with E-state index in [2.05, 4.69) is 5.32 Å². The summed E-state index contributed by atoms with van der Waals surface area (Å²) in [5.41, 5.74) is 6.03. The van der Waals surface area contributed by atoms with Gasteiger partial charge in [-0.15, -0.1) is 0 Å². The number of rotatable bonds is 4. The van der Waals surface area contributed by atoms with E-state index in [1.165, 1.54) is 30.3 Å². The average molecular weight is 288 g/mol. The molecule has 0 atom stereocenters. The Kier molecular flexibility index (Phi) is 4.50. The van der Waals surface area contributed by atoms with Gasteiger partial charge in [0, 0.05) is 11.3 Å². The van der Waals surface area contributed by atoms with E-state index in [1.54, 1.807) is 18.2 Å².